The highest BCUT2D eigenvalue weighted by Gasteiger charge is 2.54. The van der Waals surface area contributed by atoms with E-state index in [1.165, 1.54) is 31.4 Å². The van der Waals surface area contributed by atoms with Gasteiger partial charge in [-0.25, -0.2) is 4.39 Å². The van der Waals surface area contributed by atoms with Crippen LogP contribution < -0.4 is 5.32 Å². The van der Waals surface area contributed by atoms with Crippen LogP contribution in [0, 0.1) is 29.0 Å². The second-order valence-electron chi connectivity index (χ2n) is 8.03. The molecule has 0 heterocycles. The van der Waals surface area contributed by atoms with Gasteiger partial charge in [-0.1, -0.05) is 6.07 Å². The number of anilines is 1. The first-order valence-electron chi connectivity index (χ1n) is 8.75. The molecule has 5 heteroatoms. The van der Waals surface area contributed by atoms with Gasteiger partial charge >= 0.3 is 5.97 Å². The summed E-state index contributed by atoms with van der Waals surface area (Å²) in [6.45, 7) is 0. The number of aliphatic carboxylic acids is 1. The minimum atomic E-state index is -1.07. The number of halogens is 1. The van der Waals surface area contributed by atoms with E-state index in [0.717, 1.165) is 19.3 Å². The van der Waals surface area contributed by atoms with Gasteiger partial charge in [-0.2, -0.15) is 0 Å². The fraction of sp³-hybridized carbons (Fsp3) is 0.579. The molecule has 0 spiro atoms. The Labute approximate surface area is 140 Å². The maximum Gasteiger partial charge on any atom is 0.307 e. The van der Waals surface area contributed by atoms with Crippen molar-refractivity contribution in [3.8, 4) is 0 Å². The van der Waals surface area contributed by atoms with Crippen molar-refractivity contribution in [2.24, 2.45) is 23.2 Å². The van der Waals surface area contributed by atoms with Crippen LogP contribution >= 0.6 is 0 Å². The number of benzene rings is 1. The molecule has 0 radical (unpaired) electrons. The third-order valence-corrected chi connectivity index (χ3v) is 6.17. The van der Waals surface area contributed by atoms with Crippen molar-refractivity contribution in [1.82, 2.24) is 0 Å². The molecule has 0 unspecified atom stereocenters. The van der Waals surface area contributed by atoms with E-state index in [-0.39, 0.29) is 23.3 Å². The summed E-state index contributed by atoms with van der Waals surface area (Å²) in [7, 11) is 0. The first-order valence-corrected chi connectivity index (χ1v) is 8.75. The van der Waals surface area contributed by atoms with Crippen LogP contribution in [-0.2, 0) is 16.0 Å². The van der Waals surface area contributed by atoms with Gasteiger partial charge in [-0.3, -0.25) is 9.59 Å². The molecule has 0 aromatic heterocycles. The second kappa shape index (κ2) is 5.57. The van der Waals surface area contributed by atoms with E-state index in [1.54, 1.807) is 6.07 Å². The minimum absolute atomic E-state index is 0.0204. The topological polar surface area (TPSA) is 66.4 Å². The summed E-state index contributed by atoms with van der Waals surface area (Å²) in [5.41, 5.74) is 0.281. The number of carbonyl (C=O) groups excluding carboxylic acids is 1. The van der Waals surface area contributed by atoms with Crippen molar-refractivity contribution < 1.29 is 19.1 Å². The average Bonchev–Trinajstić information content (AvgIpc) is 2.48. The molecular formula is C19H22FNO3. The Morgan fingerprint density at radius 3 is 2.21 bits per heavy atom. The van der Waals surface area contributed by atoms with Gasteiger partial charge in [0.1, 0.15) is 5.82 Å². The Morgan fingerprint density at radius 1 is 1.12 bits per heavy atom. The zero-order chi connectivity index (χ0) is 16.9. The number of amides is 1. The Bertz CT molecular complexity index is 665. The zero-order valence-corrected chi connectivity index (χ0v) is 13.6. The molecule has 4 aliphatic rings. The lowest BCUT2D eigenvalue weighted by Gasteiger charge is -2.55. The Kier molecular flexibility index (Phi) is 3.62. The summed E-state index contributed by atoms with van der Waals surface area (Å²) in [4.78, 5) is 23.6. The van der Waals surface area contributed by atoms with Gasteiger partial charge in [0, 0.05) is 5.69 Å². The molecule has 24 heavy (non-hydrogen) atoms. The molecule has 1 amide bonds. The van der Waals surface area contributed by atoms with Gasteiger partial charge in [-0.05, 0) is 74.0 Å². The maximum absolute atomic E-state index is 14.0. The van der Waals surface area contributed by atoms with Crippen molar-refractivity contribution in [1.29, 1.82) is 0 Å². The van der Waals surface area contributed by atoms with Crippen molar-refractivity contribution in [2.75, 3.05) is 5.32 Å². The van der Waals surface area contributed by atoms with E-state index in [4.69, 9.17) is 5.11 Å². The molecular weight excluding hydrogens is 309 g/mol. The lowest BCUT2D eigenvalue weighted by atomic mass is 9.49. The number of nitrogens with one attached hydrogen (secondary N) is 1. The van der Waals surface area contributed by atoms with Crippen LogP contribution in [0.1, 0.15) is 44.1 Å². The number of carboxylic acids is 1. The third-order valence-electron chi connectivity index (χ3n) is 6.17. The normalized spacial score (nSPS) is 33.5. The third kappa shape index (κ3) is 2.70. The van der Waals surface area contributed by atoms with Crippen LogP contribution in [-0.4, -0.2) is 17.0 Å². The smallest absolute Gasteiger partial charge is 0.307 e. The molecule has 4 saturated carbocycles. The Morgan fingerprint density at radius 2 is 1.71 bits per heavy atom. The molecule has 1 aromatic carbocycles. The summed E-state index contributed by atoms with van der Waals surface area (Å²) in [5, 5.41) is 11.7. The molecule has 4 nitrogen and oxygen atoms in total. The largest absolute Gasteiger partial charge is 0.481 e. The lowest BCUT2D eigenvalue weighted by molar-refractivity contribution is -0.140. The minimum Gasteiger partial charge on any atom is -0.481 e. The molecule has 5 rings (SSSR count). The fourth-order valence-corrected chi connectivity index (χ4v) is 5.58. The predicted octanol–water partition coefficient (Wildman–Crippen LogP) is 3.61. The molecule has 4 aliphatic carbocycles. The molecule has 4 fully saturated rings. The van der Waals surface area contributed by atoms with E-state index in [0.29, 0.717) is 23.4 Å². The van der Waals surface area contributed by atoms with E-state index in [2.05, 4.69) is 5.32 Å². The summed E-state index contributed by atoms with van der Waals surface area (Å²) in [6.07, 6.45) is 6.34. The van der Waals surface area contributed by atoms with Crippen LogP contribution in [0.25, 0.3) is 0 Å². The van der Waals surface area contributed by atoms with E-state index < -0.39 is 11.8 Å². The van der Waals surface area contributed by atoms with Crippen LogP contribution in [0.3, 0.4) is 0 Å². The Balaban J connectivity index is 1.50. The van der Waals surface area contributed by atoms with E-state index in [1.807, 2.05) is 0 Å². The van der Waals surface area contributed by atoms with Gasteiger partial charge < -0.3 is 10.4 Å². The molecule has 2 N–H and O–H groups in total. The monoisotopic (exact) mass is 331 g/mol. The number of rotatable bonds is 4. The summed E-state index contributed by atoms with van der Waals surface area (Å²) in [5.74, 6) is 0.400. The second-order valence-corrected chi connectivity index (χ2v) is 8.03. The van der Waals surface area contributed by atoms with Crippen LogP contribution in [0.4, 0.5) is 10.1 Å². The zero-order valence-electron chi connectivity index (χ0n) is 13.6. The summed E-state index contributed by atoms with van der Waals surface area (Å²) in [6, 6.07) is 4.27. The van der Waals surface area contributed by atoms with Crippen molar-refractivity contribution in [2.45, 2.75) is 44.9 Å². The summed E-state index contributed by atoms with van der Waals surface area (Å²) < 4.78 is 14.0. The molecule has 0 aliphatic heterocycles. The van der Waals surface area contributed by atoms with Crippen LogP contribution in [0.2, 0.25) is 0 Å². The number of carboxylic acid groups (broad SMARTS) is 1. The molecule has 0 saturated heterocycles. The number of hydrogen-bond acceptors (Lipinski definition) is 2. The van der Waals surface area contributed by atoms with Crippen molar-refractivity contribution in [3.63, 3.8) is 0 Å². The van der Waals surface area contributed by atoms with Crippen molar-refractivity contribution in [3.05, 3.63) is 29.6 Å². The number of carbonyl (C=O) groups is 2. The molecule has 4 bridgehead atoms. The Hall–Kier alpha value is -1.91. The highest BCUT2D eigenvalue weighted by Crippen LogP contribution is 2.60. The fourth-order valence-electron chi connectivity index (χ4n) is 5.58. The van der Waals surface area contributed by atoms with Gasteiger partial charge in [0.15, 0.2) is 0 Å². The van der Waals surface area contributed by atoms with Gasteiger partial charge in [-0.15, -0.1) is 0 Å². The van der Waals surface area contributed by atoms with E-state index in [9.17, 15) is 14.0 Å². The summed E-state index contributed by atoms with van der Waals surface area (Å²) >= 11 is 0. The SMILES string of the molecule is O=C(O)Cc1ccc(NC(=O)C23CC4CC(CC(C4)C2)C3)cc1F. The van der Waals surface area contributed by atoms with E-state index >= 15 is 0 Å². The molecule has 1 aromatic rings. The number of hydrogen-bond donors (Lipinski definition) is 2. The van der Waals surface area contributed by atoms with Gasteiger partial charge in [0.25, 0.3) is 0 Å². The average molecular weight is 331 g/mol. The lowest BCUT2D eigenvalue weighted by Crippen LogP contribution is -2.51. The predicted molar refractivity (Wildman–Crippen MR) is 87.0 cm³/mol. The van der Waals surface area contributed by atoms with Gasteiger partial charge in [0.2, 0.25) is 5.91 Å². The highest BCUT2D eigenvalue weighted by atomic mass is 19.1. The van der Waals surface area contributed by atoms with Crippen molar-refractivity contribution >= 4 is 17.6 Å². The van der Waals surface area contributed by atoms with Crippen LogP contribution in [0.15, 0.2) is 18.2 Å². The molecule has 128 valence electrons. The van der Waals surface area contributed by atoms with Gasteiger partial charge in [0.05, 0.1) is 11.8 Å². The first-order chi connectivity index (χ1) is 11.4. The maximum atomic E-state index is 14.0. The highest BCUT2D eigenvalue weighted by molar-refractivity contribution is 5.95. The first kappa shape index (κ1) is 15.6. The van der Waals surface area contributed by atoms with Crippen LogP contribution in [0.5, 0.6) is 0 Å². The quantitative estimate of drug-likeness (QED) is 0.886. The molecule has 0 atom stereocenters. The standard InChI is InChI=1S/C19H22FNO3/c20-16-7-15(2-1-14(16)6-17(22)23)21-18(24)19-8-11-3-12(9-19)5-13(4-11)10-19/h1-2,7,11-13H,3-6,8-10H2,(H,21,24)(H,22,23).